The van der Waals surface area contributed by atoms with Crippen molar-refractivity contribution in [3.8, 4) is 0 Å². The molecule has 0 aromatic carbocycles. The van der Waals surface area contributed by atoms with Gasteiger partial charge in [0.15, 0.2) is 0 Å². The van der Waals surface area contributed by atoms with Gasteiger partial charge in [0.25, 0.3) is 0 Å². The molecule has 2 nitrogen and oxygen atoms in total. The van der Waals surface area contributed by atoms with Crippen LogP contribution >= 0.6 is 0 Å². The largest absolute Gasteiger partial charge is 0.325 e. The first-order valence-electron chi connectivity index (χ1n) is 6.04. The molecule has 0 amide bonds. The summed E-state index contributed by atoms with van der Waals surface area (Å²) in [5.41, 5.74) is 6.37. The Morgan fingerprint density at radius 1 is 1.14 bits per heavy atom. The number of rotatable bonds is 0. The van der Waals surface area contributed by atoms with Gasteiger partial charge >= 0.3 is 0 Å². The van der Waals surface area contributed by atoms with Crippen LogP contribution in [-0.4, -0.2) is 30.6 Å². The summed E-state index contributed by atoms with van der Waals surface area (Å²) in [6.07, 6.45) is 6.57. The van der Waals surface area contributed by atoms with Crippen molar-refractivity contribution >= 4 is 0 Å². The number of nitrogens with two attached hydrogens (primary N) is 1. The molecule has 1 heterocycles. The smallest absolute Gasteiger partial charge is 0.0126 e. The average Bonchev–Trinajstić information content (AvgIpc) is 2.26. The molecule has 0 bridgehead atoms. The number of fused-ring (bicyclic) bond motifs is 1. The average molecular weight is 196 g/mol. The van der Waals surface area contributed by atoms with Crippen LogP contribution in [0.15, 0.2) is 0 Å². The van der Waals surface area contributed by atoms with Crippen LogP contribution in [0.5, 0.6) is 0 Å². The molecular weight excluding hydrogens is 172 g/mol. The van der Waals surface area contributed by atoms with Crippen LogP contribution in [0.4, 0.5) is 0 Å². The Bertz CT molecular complexity index is 200. The first kappa shape index (κ1) is 10.4. The molecule has 0 aromatic heterocycles. The van der Waals surface area contributed by atoms with Gasteiger partial charge in [-0.15, -0.1) is 0 Å². The van der Waals surface area contributed by atoms with Crippen LogP contribution in [-0.2, 0) is 0 Å². The lowest BCUT2D eigenvalue weighted by Crippen LogP contribution is -2.37. The van der Waals surface area contributed by atoms with Gasteiger partial charge in [-0.1, -0.05) is 0 Å². The zero-order valence-electron chi connectivity index (χ0n) is 9.63. The standard InChI is InChI=1S/C12H24N2/c1-12(13)6-3-10-5-8-14(2)9-11(10)4-7-12/h10-11H,3-9,13H2,1-2H3. The van der Waals surface area contributed by atoms with Gasteiger partial charge in [0.1, 0.15) is 0 Å². The third-order valence-corrected chi connectivity index (χ3v) is 4.27. The van der Waals surface area contributed by atoms with Crippen molar-refractivity contribution in [3.05, 3.63) is 0 Å². The van der Waals surface area contributed by atoms with Crippen molar-refractivity contribution < 1.29 is 0 Å². The highest BCUT2D eigenvalue weighted by Crippen LogP contribution is 2.37. The normalized spacial score (nSPS) is 45.6. The van der Waals surface area contributed by atoms with E-state index < -0.39 is 0 Å². The molecule has 1 aliphatic carbocycles. The minimum absolute atomic E-state index is 0.121. The summed E-state index contributed by atoms with van der Waals surface area (Å²) in [4.78, 5) is 2.49. The molecule has 0 radical (unpaired) electrons. The van der Waals surface area contributed by atoms with Crippen molar-refractivity contribution in [2.24, 2.45) is 17.6 Å². The van der Waals surface area contributed by atoms with E-state index in [2.05, 4.69) is 18.9 Å². The fraction of sp³-hybridized carbons (Fsp3) is 1.00. The molecule has 2 aliphatic rings. The highest BCUT2D eigenvalue weighted by atomic mass is 15.1. The molecule has 1 saturated heterocycles. The van der Waals surface area contributed by atoms with Crippen molar-refractivity contribution in [3.63, 3.8) is 0 Å². The fourth-order valence-electron chi connectivity index (χ4n) is 3.12. The zero-order chi connectivity index (χ0) is 10.2. The first-order valence-corrected chi connectivity index (χ1v) is 6.04. The van der Waals surface area contributed by atoms with Crippen LogP contribution in [0.25, 0.3) is 0 Å². The molecule has 2 rings (SSSR count). The van der Waals surface area contributed by atoms with E-state index in [1.165, 1.54) is 45.2 Å². The summed E-state index contributed by atoms with van der Waals surface area (Å²) in [6, 6.07) is 0. The van der Waals surface area contributed by atoms with Crippen LogP contribution in [0, 0.1) is 11.8 Å². The molecule has 14 heavy (non-hydrogen) atoms. The van der Waals surface area contributed by atoms with Crippen molar-refractivity contribution in [1.82, 2.24) is 4.90 Å². The van der Waals surface area contributed by atoms with E-state index in [0.717, 1.165) is 11.8 Å². The van der Waals surface area contributed by atoms with E-state index in [1.807, 2.05) is 0 Å². The Morgan fingerprint density at radius 2 is 1.79 bits per heavy atom. The lowest BCUT2D eigenvalue weighted by molar-refractivity contribution is 0.136. The van der Waals surface area contributed by atoms with Gasteiger partial charge in [-0.2, -0.15) is 0 Å². The van der Waals surface area contributed by atoms with Gasteiger partial charge < -0.3 is 10.6 Å². The summed E-state index contributed by atoms with van der Waals surface area (Å²) in [6.45, 7) is 4.83. The van der Waals surface area contributed by atoms with Gasteiger partial charge in [-0.25, -0.2) is 0 Å². The number of hydrogen-bond acceptors (Lipinski definition) is 2. The van der Waals surface area contributed by atoms with E-state index in [1.54, 1.807) is 0 Å². The molecule has 3 unspecified atom stereocenters. The van der Waals surface area contributed by atoms with Crippen LogP contribution in [0.3, 0.4) is 0 Å². The lowest BCUT2D eigenvalue weighted by Gasteiger charge is -2.35. The highest BCUT2D eigenvalue weighted by molar-refractivity contribution is 4.89. The van der Waals surface area contributed by atoms with E-state index in [4.69, 9.17) is 5.73 Å². The molecule has 0 aromatic rings. The molecule has 82 valence electrons. The first-order chi connectivity index (χ1) is 6.57. The Kier molecular flexibility index (Phi) is 2.85. The monoisotopic (exact) mass is 196 g/mol. The molecule has 1 saturated carbocycles. The van der Waals surface area contributed by atoms with E-state index in [0.29, 0.717) is 0 Å². The predicted octanol–water partition coefficient (Wildman–Crippen LogP) is 1.85. The minimum Gasteiger partial charge on any atom is -0.325 e. The van der Waals surface area contributed by atoms with Crippen LogP contribution < -0.4 is 5.73 Å². The highest BCUT2D eigenvalue weighted by Gasteiger charge is 2.33. The van der Waals surface area contributed by atoms with Crippen molar-refractivity contribution in [1.29, 1.82) is 0 Å². The Labute approximate surface area is 87.8 Å². The molecule has 1 aliphatic heterocycles. The fourth-order valence-corrected chi connectivity index (χ4v) is 3.12. The maximum atomic E-state index is 6.25. The quantitative estimate of drug-likeness (QED) is 0.640. The van der Waals surface area contributed by atoms with E-state index in [-0.39, 0.29) is 5.54 Å². The maximum absolute atomic E-state index is 6.25. The third kappa shape index (κ3) is 2.29. The zero-order valence-corrected chi connectivity index (χ0v) is 9.63. The molecular formula is C12H24N2. The van der Waals surface area contributed by atoms with Gasteiger partial charge in [-0.05, 0) is 64.5 Å². The summed E-state index contributed by atoms with van der Waals surface area (Å²) < 4.78 is 0. The van der Waals surface area contributed by atoms with Gasteiger partial charge in [0, 0.05) is 12.1 Å². The summed E-state index contributed by atoms with van der Waals surface area (Å²) >= 11 is 0. The topological polar surface area (TPSA) is 29.3 Å². The van der Waals surface area contributed by atoms with Crippen LogP contribution in [0.1, 0.15) is 39.0 Å². The second kappa shape index (κ2) is 3.82. The SMILES string of the molecule is CN1CCC2CCC(C)(N)CCC2C1. The second-order valence-electron chi connectivity index (χ2n) is 5.80. The molecule has 2 fully saturated rings. The molecule has 2 heteroatoms. The Balaban J connectivity index is 1.99. The number of likely N-dealkylation sites (tertiary alicyclic amines) is 1. The Morgan fingerprint density at radius 3 is 2.50 bits per heavy atom. The van der Waals surface area contributed by atoms with E-state index >= 15 is 0 Å². The number of nitrogens with zero attached hydrogens (tertiary/aromatic N) is 1. The summed E-state index contributed by atoms with van der Waals surface area (Å²) in [7, 11) is 2.25. The third-order valence-electron chi connectivity index (χ3n) is 4.27. The molecule has 3 atom stereocenters. The summed E-state index contributed by atoms with van der Waals surface area (Å²) in [5, 5.41) is 0. The number of hydrogen-bond donors (Lipinski definition) is 1. The second-order valence-corrected chi connectivity index (χ2v) is 5.80. The summed E-state index contributed by atoms with van der Waals surface area (Å²) in [5.74, 6) is 1.90. The number of piperidine rings is 1. The Hall–Kier alpha value is -0.0800. The van der Waals surface area contributed by atoms with Gasteiger partial charge in [0.2, 0.25) is 0 Å². The van der Waals surface area contributed by atoms with E-state index in [9.17, 15) is 0 Å². The van der Waals surface area contributed by atoms with Gasteiger partial charge in [0.05, 0.1) is 0 Å². The van der Waals surface area contributed by atoms with Crippen LogP contribution in [0.2, 0.25) is 0 Å². The van der Waals surface area contributed by atoms with Crippen molar-refractivity contribution in [2.75, 3.05) is 20.1 Å². The maximum Gasteiger partial charge on any atom is 0.0126 e. The molecule has 0 spiro atoms. The van der Waals surface area contributed by atoms with Gasteiger partial charge in [-0.3, -0.25) is 0 Å². The lowest BCUT2D eigenvalue weighted by atomic mass is 9.82. The minimum atomic E-state index is 0.121. The van der Waals surface area contributed by atoms with Crippen molar-refractivity contribution in [2.45, 2.75) is 44.6 Å². The predicted molar refractivity (Wildman–Crippen MR) is 60.2 cm³/mol. The molecule has 2 N–H and O–H groups in total.